The van der Waals surface area contributed by atoms with Crippen LogP contribution in [0.3, 0.4) is 0 Å². The lowest BCUT2D eigenvalue weighted by molar-refractivity contribution is 0.300. The summed E-state index contributed by atoms with van der Waals surface area (Å²) in [7, 11) is 0. The molecule has 0 amide bonds. The number of nitrogens with zero attached hydrogens (tertiary/aromatic N) is 1. The van der Waals surface area contributed by atoms with Gasteiger partial charge in [-0.3, -0.25) is 4.99 Å². The summed E-state index contributed by atoms with van der Waals surface area (Å²) in [6.07, 6.45) is 1.82. The van der Waals surface area contributed by atoms with E-state index in [2.05, 4.69) is 4.99 Å². The number of benzene rings is 1. The first-order chi connectivity index (χ1) is 6.86. The van der Waals surface area contributed by atoms with Crippen LogP contribution >= 0.6 is 0 Å². The second-order valence-electron chi connectivity index (χ2n) is 3.62. The summed E-state index contributed by atoms with van der Waals surface area (Å²) in [6.45, 7) is 1.50. The van der Waals surface area contributed by atoms with Crippen LogP contribution in [-0.2, 0) is 6.42 Å². The van der Waals surface area contributed by atoms with E-state index in [0.717, 1.165) is 30.7 Å². The van der Waals surface area contributed by atoms with E-state index >= 15 is 0 Å². The van der Waals surface area contributed by atoms with Crippen LogP contribution in [-0.4, -0.2) is 24.0 Å². The Balaban J connectivity index is 2.30. The molecule has 0 bridgehead atoms. The van der Waals surface area contributed by atoms with Gasteiger partial charge in [0, 0.05) is 24.2 Å². The summed E-state index contributed by atoms with van der Waals surface area (Å²) >= 11 is 0. The topological polar surface area (TPSA) is 41.8 Å². The molecule has 1 aromatic carbocycles. The third-order valence-electron chi connectivity index (χ3n) is 2.78. The first-order valence-corrected chi connectivity index (χ1v) is 4.87. The van der Waals surface area contributed by atoms with Gasteiger partial charge in [0.05, 0.1) is 6.61 Å². The first-order valence-electron chi connectivity index (χ1n) is 4.87. The SMILES string of the molecule is Oc1ccc2c3c1OCCC3=NCC2. The predicted molar refractivity (Wildman–Crippen MR) is 53.3 cm³/mol. The number of aromatic hydroxyl groups is 1. The van der Waals surface area contributed by atoms with E-state index in [1.54, 1.807) is 6.07 Å². The molecule has 0 unspecified atom stereocenters. The van der Waals surface area contributed by atoms with Gasteiger partial charge in [0.15, 0.2) is 11.5 Å². The number of rotatable bonds is 0. The van der Waals surface area contributed by atoms with Crippen molar-refractivity contribution >= 4 is 5.71 Å². The van der Waals surface area contributed by atoms with Crippen LogP contribution in [0.1, 0.15) is 17.5 Å². The fourth-order valence-electron chi connectivity index (χ4n) is 2.13. The van der Waals surface area contributed by atoms with E-state index in [-0.39, 0.29) is 5.75 Å². The highest BCUT2D eigenvalue weighted by molar-refractivity contribution is 6.06. The minimum absolute atomic E-state index is 0.234. The van der Waals surface area contributed by atoms with Crippen molar-refractivity contribution < 1.29 is 9.84 Å². The van der Waals surface area contributed by atoms with Gasteiger partial charge in [-0.05, 0) is 18.1 Å². The zero-order valence-corrected chi connectivity index (χ0v) is 7.79. The fraction of sp³-hybridized carbons (Fsp3) is 0.364. The third kappa shape index (κ3) is 0.953. The monoisotopic (exact) mass is 189 g/mol. The van der Waals surface area contributed by atoms with Crippen molar-refractivity contribution in [3.8, 4) is 11.5 Å². The van der Waals surface area contributed by atoms with E-state index in [0.29, 0.717) is 12.4 Å². The van der Waals surface area contributed by atoms with Gasteiger partial charge in [-0.2, -0.15) is 0 Å². The van der Waals surface area contributed by atoms with E-state index < -0.39 is 0 Å². The molecule has 0 aliphatic carbocycles. The minimum atomic E-state index is 0.234. The molecule has 2 aliphatic rings. The van der Waals surface area contributed by atoms with Gasteiger partial charge in [0.1, 0.15) is 0 Å². The second kappa shape index (κ2) is 2.74. The van der Waals surface area contributed by atoms with Crippen molar-refractivity contribution in [3.05, 3.63) is 23.3 Å². The Labute approximate surface area is 82.0 Å². The Hall–Kier alpha value is -1.51. The van der Waals surface area contributed by atoms with Crippen molar-refractivity contribution in [2.45, 2.75) is 12.8 Å². The highest BCUT2D eigenvalue weighted by Gasteiger charge is 2.25. The average molecular weight is 189 g/mol. The number of phenols is 1. The summed E-state index contributed by atoms with van der Waals surface area (Å²) in [5.41, 5.74) is 3.40. The summed E-state index contributed by atoms with van der Waals surface area (Å²) in [5.74, 6) is 0.866. The standard InChI is InChI=1S/C11H11NO2/c13-9-2-1-7-3-5-12-8-4-6-14-11(9)10(7)8/h1-2,13H,3-6H2. The molecule has 0 saturated heterocycles. The normalized spacial score (nSPS) is 18.1. The molecule has 0 radical (unpaired) electrons. The van der Waals surface area contributed by atoms with Gasteiger partial charge in [0.2, 0.25) is 0 Å². The van der Waals surface area contributed by atoms with Gasteiger partial charge < -0.3 is 9.84 Å². The van der Waals surface area contributed by atoms with Crippen molar-refractivity contribution in [1.82, 2.24) is 0 Å². The molecular weight excluding hydrogens is 178 g/mol. The maximum Gasteiger partial charge on any atom is 0.170 e. The zero-order valence-electron chi connectivity index (χ0n) is 7.79. The predicted octanol–water partition coefficient (Wildman–Crippen LogP) is 1.52. The van der Waals surface area contributed by atoms with Crippen LogP contribution in [0.25, 0.3) is 0 Å². The third-order valence-corrected chi connectivity index (χ3v) is 2.78. The number of phenolic OH excluding ortho intramolecular Hbond substituents is 1. The van der Waals surface area contributed by atoms with Crippen molar-refractivity contribution in [2.24, 2.45) is 4.99 Å². The molecule has 0 aromatic heterocycles. The molecule has 3 heteroatoms. The van der Waals surface area contributed by atoms with Crippen LogP contribution in [0.5, 0.6) is 11.5 Å². The zero-order chi connectivity index (χ0) is 9.54. The van der Waals surface area contributed by atoms with Crippen LogP contribution in [0, 0.1) is 0 Å². The lowest BCUT2D eigenvalue weighted by Gasteiger charge is -2.25. The molecule has 0 atom stereocenters. The summed E-state index contributed by atoms with van der Waals surface area (Å²) in [4.78, 5) is 4.47. The molecule has 3 rings (SSSR count). The van der Waals surface area contributed by atoms with Crippen molar-refractivity contribution in [3.63, 3.8) is 0 Å². The summed E-state index contributed by atoms with van der Waals surface area (Å²) in [5, 5.41) is 9.64. The van der Waals surface area contributed by atoms with E-state index in [9.17, 15) is 5.11 Å². The molecule has 1 aromatic rings. The lowest BCUT2D eigenvalue weighted by Crippen LogP contribution is -2.22. The number of ether oxygens (including phenoxy) is 1. The smallest absolute Gasteiger partial charge is 0.170 e. The molecule has 0 fully saturated rings. The number of hydrogen-bond acceptors (Lipinski definition) is 3. The van der Waals surface area contributed by atoms with Gasteiger partial charge in [-0.25, -0.2) is 0 Å². The van der Waals surface area contributed by atoms with Crippen molar-refractivity contribution in [1.29, 1.82) is 0 Å². The van der Waals surface area contributed by atoms with Crippen LogP contribution in [0.4, 0.5) is 0 Å². The minimum Gasteiger partial charge on any atom is -0.504 e. The van der Waals surface area contributed by atoms with E-state index in [1.807, 2.05) is 6.07 Å². The molecule has 2 heterocycles. The average Bonchev–Trinajstić information content (AvgIpc) is 2.24. The maximum atomic E-state index is 9.64. The maximum absolute atomic E-state index is 9.64. The Morgan fingerprint density at radius 2 is 2.21 bits per heavy atom. The Bertz CT molecular complexity index is 424. The molecule has 0 spiro atoms. The fourth-order valence-corrected chi connectivity index (χ4v) is 2.13. The van der Waals surface area contributed by atoms with Gasteiger partial charge in [0.25, 0.3) is 0 Å². The van der Waals surface area contributed by atoms with Gasteiger partial charge in [-0.15, -0.1) is 0 Å². The highest BCUT2D eigenvalue weighted by Crippen LogP contribution is 2.38. The van der Waals surface area contributed by atoms with Crippen LogP contribution < -0.4 is 4.74 Å². The molecule has 1 N–H and O–H groups in total. The van der Waals surface area contributed by atoms with Crippen LogP contribution in [0.15, 0.2) is 17.1 Å². The molecule has 2 aliphatic heterocycles. The molecule has 72 valence electrons. The molecule has 14 heavy (non-hydrogen) atoms. The van der Waals surface area contributed by atoms with Gasteiger partial charge >= 0.3 is 0 Å². The molecular formula is C11H11NO2. The molecule has 0 saturated carbocycles. The quantitative estimate of drug-likeness (QED) is 0.672. The van der Waals surface area contributed by atoms with Crippen LogP contribution in [0.2, 0.25) is 0 Å². The largest absolute Gasteiger partial charge is 0.504 e. The summed E-state index contributed by atoms with van der Waals surface area (Å²) < 4.78 is 5.47. The first kappa shape index (κ1) is 7.85. The van der Waals surface area contributed by atoms with E-state index in [1.165, 1.54) is 5.56 Å². The summed E-state index contributed by atoms with van der Waals surface area (Å²) in [6, 6.07) is 3.68. The second-order valence-corrected chi connectivity index (χ2v) is 3.62. The molecule has 3 nitrogen and oxygen atoms in total. The number of hydrogen-bond donors (Lipinski definition) is 1. The number of aliphatic imine (C=N–C) groups is 1. The lowest BCUT2D eigenvalue weighted by atomic mass is 9.93. The van der Waals surface area contributed by atoms with E-state index in [4.69, 9.17) is 4.74 Å². The Morgan fingerprint density at radius 3 is 3.14 bits per heavy atom. The van der Waals surface area contributed by atoms with Gasteiger partial charge in [-0.1, -0.05) is 6.07 Å². The Kier molecular flexibility index (Phi) is 1.54. The highest BCUT2D eigenvalue weighted by atomic mass is 16.5. The Morgan fingerprint density at radius 1 is 1.29 bits per heavy atom. The van der Waals surface area contributed by atoms with Crippen molar-refractivity contribution in [2.75, 3.05) is 13.2 Å².